The van der Waals surface area contributed by atoms with Crippen LogP contribution in [-0.4, -0.2) is 5.78 Å². The van der Waals surface area contributed by atoms with E-state index in [1.807, 2.05) is 24.3 Å². The minimum atomic E-state index is -0.281. The van der Waals surface area contributed by atoms with Crippen LogP contribution < -0.4 is 0 Å². The summed E-state index contributed by atoms with van der Waals surface area (Å²) in [5, 5.41) is 0. The van der Waals surface area contributed by atoms with Crippen LogP contribution in [0.1, 0.15) is 46.8 Å². The Balaban J connectivity index is 2.18. The first-order chi connectivity index (χ1) is 9.61. The molecule has 20 heavy (non-hydrogen) atoms. The number of halogens is 1. The molecule has 0 amide bonds. The molecule has 0 spiro atoms. The molecule has 0 aliphatic carbocycles. The average Bonchev–Trinajstić information content (AvgIpc) is 2.48. The molecule has 104 valence electrons. The molecule has 0 saturated carbocycles. The summed E-state index contributed by atoms with van der Waals surface area (Å²) in [6.07, 6.45) is 3.36. The molecule has 0 radical (unpaired) electrons. The summed E-state index contributed by atoms with van der Waals surface area (Å²) in [4.78, 5) is 12.3. The first-order valence-corrected chi connectivity index (χ1v) is 7.01. The lowest BCUT2D eigenvalue weighted by Crippen LogP contribution is -2.02. The Morgan fingerprint density at radius 2 is 1.70 bits per heavy atom. The second kappa shape index (κ2) is 6.47. The highest BCUT2D eigenvalue weighted by atomic mass is 19.1. The molecule has 0 saturated heterocycles. The van der Waals surface area contributed by atoms with Gasteiger partial charge in [-0.05, 0) is 49.1 Å². The third kappa shape index (κ3) is 3.32. The SMILES string of the molecule is CCCCc1ccc(C(=O)c2ccc(F)c(C)c2)cc1. The highest BCUT2D eigenvalue weighted by molar-refractivity contribution is 6.09. The first kappa shape index (κ1) is 14.4. The van der Waals surface area contributed by atoms with Gasteiger partial charge in [0.15, 0.2) is 5.78 Å². The van der Waals surface area contributed by atoms with Crippen molar-refractivity contribution in [3.63, 3.8) is 0 Å². The van der Waals surface area contributed by atoms with E-state index in [-0.39, 0.29) is 11.6 Å². The quantitative estimate of drug-likeness (QED) is 0.719. The fraction of sp³-hybridized carbons (Fsp3) is 0.278. The van der Waals surface area contributed by atoms with Crippen molar-refractivity contribution in [2.24, 2.45) is 0 Å². The van der Waals surface area contributed by atoms with Gasteiger partial charge in [-0.1, -0.05) is 37.6 Å². The van der Waals surface area contributed by atoms with Crippen LogP contribution in [-0.2, 0) is 6.42 Å². The van der Waals surface area contributed by atoms with E-state index in [0.717, 1.165) is 19.3 Å². The maximum Gasteiger partial charge on any atom is 0.193 e. The summed E-state index contributed by atoms with van der Waals surface area (Å²) < 4.78 is 13.2. The normalized spacial score (nSPS) is 10.6. The summed E-state index contributed by atoms with van der Waals surface area (Å²) in [5.41, 5.74) is 2.93. The van der Waals surface area contributed by atoms with Gasteiger partial charge in [0.05, 0.1) is 0 Å². The van der Waals surface area contributed by atoms with Crippen molar-refractivity contribution >= 4 is 5.78 Å². The van der Waals surface area contributed by atoms with Crippen molar-refractivity contribution in [2.45, 2.75) is 33.1 Å². The van der Waals surface area contributed by atoms with Crippen molar-refractivity contribution in [3.05, 3.63) is 70.5 Å². The Morgan fingerprint density at radius 1 is 1.05 bits per heavy atom. The lowest BCUT2D eigenvalue weighted by Gasteiger charge is -2.05. The largest absolute Gasteiger partial charge is 0.289 e. The molecule has 2 aromatic rings. The van der Waals surface area contributed by atoms with Crippen molar-refractivity contribution in [2.75, 3.05) is 0 Å². The standard InChI is InChI=1S/C18H19FO/c1-3-4-5-14-6-8-15(9-7-14)18(20)16-10-11-17(19)13(2)12-16/h6-12H,3-5H2,1-2H3. The molecule has 0 fully saturated rings. The highest BCUT2D eigenvalue weighted by Crippen LogP contribution is 2.15. The van der Waals surface area contributed by atoms with Gasteiger partial charge in [0.2, 0.25) is 0 Å². The molecule has 0 aliphatic rings. The van der Waals surface area contributed by atoms with Crippen molar-refractivity contribution in [3.8, 4) is 0 Å². The monoisotopic (exact) mass is 270 g/mol. The maximum atomic E-state index is 13.2. The molecular formula is C18H19FO. The smallest absolute Gasteiger partial charge is 0.193 e. The topological polar surface area (TPSA) is 17.1 Å². The van der Waals surface area contributed by atoms with Gasteiger partial charge in [-0.3, -0.25) is 4.79 Å². The molecule has 0 N–H and O–H groups in total. The first-order valence-electron chi connectivity index (χ1n) is 7.01. The number of hydrogen-bond acceptors (Lipinski definition) is 1. The minimum absolute atomic E-state index is 0.0601. The van der Waals surface area contributed by atoms with Crippen LogP contribution in [0.2, 0.25) is 0 Å². The van der Waals surface area contributed by atoms with E-state index in [4.69, 9.17) is 0 Å². The number of benzene rings is 2. The van der Waals surface area contributed by atoms with Gasteiger partial charge >= 0.3 is 0 Å². The zero-order valence-electron chi connectivity index (χ0n) is 11.9. The fourth-order valence-electron chi connectivity index (χ4n) is 2.16. The molecule has 0 aliphatic heterocycles. The fourth-order valence-corrected chi connectivity index (χ4v) is 2.16. The van der Waals surface area contributed by atoms with Gasteiger partial charge in [-0.25, -0.2) is 4.39 Å². The summed E-state index contributed by atoms with van der Waals surface area (Å²) in [6, 6.07) is 12.2. The molecule has 0 unspecified atom stereocenters. The van der Waals surface area contributed by atoms with Crippen molar-refractivity contribution < 1.29 is 9.18 Å². The summed E-state index contributed by atoms with van der Waals surface area (Å²) >= 11 is 0. The van der Waals surface area contributed by atoms with Crippen LogP contribution in [0.4, 0.5) is 4.39 Å². The highest BCUT2D eigenvalue weighted by Gasteiger charge is 2.10. The summed E-state index contributed by atoms with van der Waals surface area (Å²) in [5.74, 6) is -0.341. The van der Waals surface area contributed by atoms with Gasteiger partial charge in [0.1, 0.15) is 5.82 Å². The zero-order valence-corrected chi connectivity index (χ0v) is 11.9. The third-order valence-electron chi connectivity index (χ3n) is 3.46. The van der Waals surface area contributed by atoms with E-state index >= 15 is 0 Å². The lowest BCUT2D eigenvalue weighted by molar-refractivity contribution is 0.103. The van der Waals surface area contributed by atoms with Crippen LogP contribution in [0.15, 0.2) is 42.5 Å². The van der Waals surface area contributed by atoms with Gasteiger partial charge in [-0.15, -0.1) is 0 Å². The molecule has 0 bridgehead atoms. The van der Waals surface area contributed by atoms with E-state index in [2.05, 4.69) is 6.92 Å². The predicted molar refractivity (Wildman–Crippen MR) is 79.6 cm³/mol. The minimum Gasteiger partial charge on any atom is -0.289 e. The van der Waals surface area contributed by atoms with Crippen molar-refractivity contribution in [1.29, 1.82) is 0 Å². The maximum absolute atomic E-state index is 13.2. The molecular weight excluding hydrogens is 251 g/mol. The zero-order chi connectivity index (χ0) is 14.5. The molecule has 1 nitrogen and oxygen atoms in total. The predicted octanol–water partition coefficient (Wildman–Crippen LogP) is 4.71. The van der Waals surface area contributed by atoms with Gasteiger partial charge in [0, 0.05) is 11.1 Å². The van der Waals surface area contributed by atoms with E-state index < -0.39 is 0 Å². The van der Waals surface area contributed by atoms with E-state index in [1.165, 1.54) is 17.7 Å². The Kier molecular flexibility index (Phi) is 4.67. The van der Waals surface area contributed by atoms with Crippen LogP contribution in [0, 0.1) is 12.7 Å². The molecule has 0 aromatic heterocycles. The van der Waals surface area contributed by atoms with Gasteiger partial charge in [-0.2, -0.15) is 0 Å². The number of aryl methyl sites for hydroxylation is 2. The molecule has 2 rings (SSSR count). The Morgan fingerprint density at radius 3 is 2.30 bits per heavy atom. The number of ketones is 1. The lowest BCUT2D eigenvalue weighted by atomic mass is 9.99. The summed E-state index contributed by atoms with van der Waals surface area (Å²) in [7, 11) is 0. The molecule has 2 aromatic carbocycles. The van der Waals surface area contributed by atoms with E-state index in [9.17, 15) is 9.18 Å². The van der Waals surface area contributed by atoms with E-state index in [1.54, 1.807) is 13.0 Å². The molecule has 0 heterocycles. The molecule has 0 atom stereocenters. The third-order valence-corrected chi connectivity index (χ3v) is 3.46. The Bertz CT molecular complexity index is 599. The van der Waals surface area contributed by atoms with Gasteiger partial charge in [0.25, 0.3) is 0 Å². The van der Waals surface area contributed by atoms with Crippen LogP contribution in [0.3, 0.4) is 0 Å². The number of hydrogen-bond donors (Lipinski definition) is 0. The number of carbonyl (C=O) groups excluding carboxylic acids is 1. The van der Waals surface area contributed by atoms with Crippen LogP contribution >= 0.6 is 0 Å². The van der Waals surface area contributed by atoms with E-state index in [0.29, 0.717) is 16.7 Å². The summed E-state index contributed by atoms with van der Waals surface area (Å²) in [6.45, 7) is 3.83. The molecule has 2 heteroatoms. The number of unbranched alkanes of at least 4 members (excludes halogenated alkanes) is 1. The van der Waals surface area contributed by atoms with Gasteiger partial charge < -0.3 is 0 Å². The van der Waals surface area contributed by atoms with Crippen molar-refractivity contribution in [1.82, 2.24) is 0 Å². The number of carbonyl (C=O) groups is 1. The van der Waals surface area contributed by atoms with Crippen LogP contribution in [0.25, 0.3) is 0 Å². The van der Waals surface area contributed by atoms with Crippen LogP contribution in [0.5, 0.6) is 0 Å². The Hall–Kier alpha value is -1.96. The Labute approximate surface area is 119 Å². The second-order valence-corrected chi connectivity index (χ2v) is 5.09. The number of rotatable bonds is 5. The second-order valence-electron chi connectivity index (χ2n) is 5.09. The average molecular weight is 270 g/mol.